The van der Waals surface area contributed by atoms with Crippen LogP contribution in [0.5, 0.6) is 0 Å². The fourth-order valence-corrected chi connectivity index (χ4v) is 1.38. The summed E-state index contributed by atoms with van der Waals surface area (Å²) in [7, 11) is 1.82. The van der Waals surface area contributed by atoms with Gasteiger partial charge in [0, 0.05) is 12.7 Å². The molecule has 84 valence electrons. The first-order valence-corrected chi connectivity index (χ1v) is 5.10. The summed E-state index contributed by atoms with van der Waals surface area (Å²) in [6.45, 7) is 8.16. The van der Waals surface area contributed by atoms with Crippen LogP contribution < -0.4 is 0 Å². The average Bonchev–Trinajstić information content (AvgIpc) is 2.37. The maximum absolute atomic E-state index is 11.7. The Morgan fingerprint density at radius 2 is 2.07 bits per heavy atom. The van der Waals surface area contributed by atoms with Crippen LogP contribution in [-0.4, -0.2) is 22.4 Å². The van der Waals surface area contributed by atoms with E-state index in [9.17, 15) is 4.79 Å². The molecule has 0 saturated heterocycles. The monoisotopic (exact) mass is 210 g/mol. The van der Waals surface area contributed by atoms with Gasteiger partial charge in [-0.3, -0.25) is 4.68 Å². The molecule has 0 N–H and O–H groups in total. The highest BCUT2D eigenvalue weighted by Gasteiger charge is 2.18. The zero-order chi connectivity index (χ0) is 11.6. The molecule has 0 aliphatic rings. The van der Waals surface area contributed by atoms with Gasteiger partial charge in [0.25, 0.3) is 0 Å². The summed E-state index contributed by atoms with van der Waals surface area (Å²) in [6.07, 6.45) is 0. The molecule has 0 amide bonds. The molecule has 4 heteroatoms. The van der Waals surface area contributed by atoms with Crippen LogP contribution in [0.3, 0.4) is 0 Å². The lowest BCUT2D eigenvalue weighted by atomic mass is 10.2. The van der Waals surface area contributed by atoms with E-state index in [0.29, 0.717) is 18.1 Å². The normalized spacial score (nSPS) is 10.8. The number of aromatic nitrogens is 2. The summed E-state index contributed by atoms with van der Waals surface area (Å²) in [6, 6.07) is 0. The van der Waals surface area contributed by atoms with Crippen molar-refractivity contribution in [1.29, 1.82) is 0 Å². The van der Waals surface area contributed by atoms with Crippen LogP contribution in [0.15, 0.2) is 0 Å². The second kappa shape index (κ2) is 4.47. The molecular weight excluding hydrogens is 192 g/mol. The molecule has 1 heterocycles. The second-order valence-corrected chi connectivity index (χ2v) is 4.16. The van der Waals surface area contributed by atoms with Crippen LogP contribution in [0.1, 0.15) is 35.6 Å². The quantitative estimate of drug-likeness (QED) is 0.715. The summed E-state index contributed by atoms with van der Waals surface area (Å²) in [5.41, 5.74) is 2.17. The van der Waals surface area contributed by atoms with Crippen molar-refractivity contribution < 1.29 is 9.53 Å². The molecule has 1 aromatic heterocycles. The van der Waals surface area contributed by atoms with Gasteiger partial charge in [0.15, 0.2) is 0 Å². The molecule has 15 heavy (non-hydrogen) atoms. The summed E-state index contributed by atoms with van der Waals surface area (Å²) < 4.78 is 6.87. The van der Waals surface area contributed by atoms with Gasteiger partial charge in [-0.2, -0.15) is 5.10 Å². The Kier molecular flexibility index (Phi) is 3.50. The molecule has 0 fully saturated rings. The minimum absolute atomic E-state index is 0.271. The van der Waals surface area contributed by atoms with Gasteiger partial charge < -0.3 is 4.74 Å². The smallest absolute Gasteiger partial charge is 0.341 e. The van der Waals surface area contributed by atoms with Gasteiger partial charge in [0.05, 0.1) is 12.3 Å². The highest BCUT2D eigenvalue weighted by atomic mass is 16.5. The Labute approximate surface area is 90.2 Å². The largest absolute Gasteiger partial charge is 0.462 e. The summed E-state index contributed by atoms with van der Waals surface area (Å²) in [5, 5.41) is 4.17. The van der Waals surface area contributed by atoms with E-state index >= 15 is 0 Å². The number of hydrogen-bond donors (Lipinski definition) is 0. The van der Waals surface area contributed by atoms with Gasteiger partial charge in [-0.1, -0.05) is 13.8 Å². The van der Waals surface area contributed by atoms with E-state index in [1.54, 1.807) is 4.68 Å². The highest BCUT2D eigenvalue weighted by Crippen LogP contribution is 2.13. The molecule has 0 atom stereocenters. The molecule has 0 bridgehead atoms. The maximum atomic E-state index is 11.7. The van der Waals surface area contributed by atoms with E-state index in [1.807, 2.05) is 34.7 Å². The van der Waals surface area contributed by atoms with Crippen molar-refractivity contribution in [1.82, 2.24) is 9.78 Å². The first-order chi connectivity index (χ1) is 6.93. The van der Waals surface area contributed by atoms with Crippen LogP contribution in [0.25, 0.3) is 0 Å². The summed E-state index contributed by atoms with van der Waals surface area (Å²) in [4.78, 5) is 11.7. The van der Waals surface area contributed by atoms with Crippen molar-refractivity contribution in [3.8, 4) is 0 Å². The van der Waals surface area contributed by atoms with Gasteiger partial charge >= 0.3 is 5.97 Å². The van der Waals surface area contributed by atoms with Crippen molar-refractivity contribution in [2.45, 2.75) is 27.7 Å². The molecule has 4 nitrogen and oxygen atoms in total. The second-order valence-electron chi connectivity index (χ2n) is 4.16. The summed E-state index contributed by atoms with van der Waals surface area (Å²) in [5.74, 6) is 0.0815. The number of esters is 1. The number of carbonyl (C=O) groups excluding carboxylic acids is 1. The van der Waals surface area contributed by atoms with Crippen molar-refractivity contribution in [3.63, 3.8) is 0 Å². The van der Waals surface area contributed by atoms with Gasteiger partial charge in [-0.05, 0) is 19.8 Å². The molecule has 0 aliphatic heterocycles. The van der Waals surface area contributed by atoms with E-state index < -0.39 is 0 Å². The minimum atomic E-state index is -0.271. The first-order valence-electron chi connectivity index (χ1n) is 5.10. The zero-order valence-electron chi connectivity index (χ0n) is 10.00. The average molecular weight is 210 g/mol. The number of carbonyl (C=O) groups is 1. The molecule has 0 spiro atoms. The standard InChI is InChI=1S/C11H18N2O2/c1-7(2)6-15-11(14)10-8(3)12-13(5)9(10)4/h7H,6H2,1-5H3. The topological polar surface area (TPSA) is 44.1 Å². The Bertz CT molecular complexity index is 367. The van der Waals surface area contributed by atoms with Gasteiger partial charge in [0.1, 0.15) is 5.56 Å². The predicted molar refractivity (Wildman–Crippen MR) is 57.8 cm³/mol. The number of aryl methyl sites for hydroxylation is 2. The lowest BCUT2D eigenvalue weighted by Crippen LogP contribution is -2.12. The lowest BCUT2D eigenvalue weighted by molar-refractivity contribution is 0.0457. The molecule has 0 unspecified atom stereocenters. The van der Waals surface area contributed by atoms with E-state index in [4.69, 9.17) is 4.74 Å². The highest BCUT2D eigenvalue weighted by molar-refractivity contribution is 5.91. The number of hydrogen-bond acceptors (Lipinski definition) is 3. The van der Waals surface area contributed by atoms with Crippen LogP contribution in [0, 0.1) is 19.8 Å². The molecule has 0 saturated carbocycles. The third kappa shape index (κ3) is 2.58. The SMILES string of the molecule is Cc1nn(C)c(C)c1C(=O)OCC(C)C. The Morgan fingerprint density at radius 1 is 1.47 bits per heavy atom. The van der Waals surface area contributed by atoms with Crippen molar-refractivity contribution in [2.24, 2.45) is 13.0 Å². The van der Waals surface area contributed by atoms with Crippen LogP contribution in [0.2, 0.25) is 0 Å². The van der Waals surface area contributed by atoms with Gasteiger partial charge in [-0.15, -0.1) is 0 Å². The van der Waals surface area contributed by atoms with Crippen LogP contribution >= 0.6 is 0 Å². The van der Waals surface area contributed by atoms with Gasteiger partial charge in [-0.25, -0.2) is 4.79 Å². The van der Waals surface area contributed by atoms with Crippen molar-refractivity contribution in [3.05, 3.63) is 17.0 Å². The first kappa shape index (κ1) is 11.8. The Morgan fingerprint density at radius 3 is 2.47 bits per heavy atom. The van der Waals surface area contributed by atoms with E-state index in [2.05, 4.69) is 5.10 Å². The number of rotatable bonds is 3. The Hall–Kier alpha value is -1.32. The molecule has 1 rings (SSSR count). The lowest BCUT2D eigenvalue weighted by Gasteiger charge is -2.07. The van der Waals surface area contributed by atoms with Crippen LogP contribution in [0.4, 0.5) is 0 Å². The zero-order valence-corrected chi connectivity index (χ0v) is 10.00. The summed E-state index contributed by atoms with van der Waals surface area (Å²) >= 11 is 0. The number of ether oxygens (including phenoxy) is 1. The molecule has 1 aromatic rings. The van der Waals surface area contributed by atoms with Crippen LogP contribution in [-0.2, 0) is 11.8 Å². The number of nitrogens with zero attached hydrogens (tertiary/aromatic N) is 2. The Balaban J connectivity index is 2.82. The van der Waals surface area contributed by atoms with E-state index in [0.717, 1.165) is 11.4 Å². The van der Waals surface area contributed by atoms with Crippen molar-refractivity contribution in [2.75, 3.05) is 6.61 Å². The van der Waals surface area contributed by atoms with Crippen molar-refractivity contribution >= 4 is 5.97 Å². The molecule has 0 aliphatic carbocycles. The molecular formula is C11H18N2O2. The van der Waals surface area contributed by atoms with Gasteiger partial charge in [0.2, 0.25) is 0 Å². The fraction of sp³-hybridized carbons (Fsp3) is 0.636. The fourth-order valence-electron chi connectivity index (χ4n) is 1.38. The van der Waals surface area contributed by atoms with E-state index in [-0.39, 0.29) is 5.97 Å². The predicted octanol–water partition coefficient (Wildman–Crippen LogP) is 1.85. The maximum Gasteiger partial charge on any atom is 0.341 e. The van der Waals surface area contributed by atoms with E-state index in [1.165, 1.54) is 0 Å². The third-order valence-corrected chi connectivity index (χ3v) is 2.26. The molecule has 0 aromatic carbocycles. The molecule has 0 radical (unpaired) electrons. The third-order valence-electron chi connectivity index (χ3n) is 2.26. The minimum Gasteiger partial charge on any atom is -0.462 e.